The number of rotatable bonds is 9. The summed E-state index contributed by atoms with van der Waals surface area (Å²) in [6.07, 6.45) is 0.627. The van der Waals surface area contributed by atoms with Crippen molar-refractivity contribution in [1.29, 1.82) is 0 Å². The molecule has 1 N–H and O–H groups in total. The number of anilines is 1. The van der Waals surface area contributed by atoms with E-state index in [0.29, 0.717) is 30.8 Å². The van der Waals surface area contributed by atoms with Gasteiger partial charge < -0.3 is 10.1 Å². The highest BCUT2D eigenvalue weighted by molar-refractivity contribution is 7.93. The third-order valence-electron chi connectivity index (χ3n) is 5.70. The van der Waals surface area contributed by atoms with Crippen molar-refractivity contribution in [3.05, 3.63) is 59.7 Å². The molecule has 0 aliphatic carbocycles. The van der Waals surface area contributed by atoms with E-state index >= 15 is 0 Å². The number of sulfonamides is 1. The second-order valence-corrected chi connectivity index (χ2v) is 9.53. The zero-order valence-electron chi connectivity index (χ0n) is 18.4. The van der Waals surface area contributed by atoms with Crippen molar-refractivity contribution < 1.29 is 17.9 Å². The molecule has 0 aromatic heterocycles. The average Bonchev–Trinajstić information content (AvgIpc) is 3.15. The highest BCUT2D eigenvalue weighted by Gasteiger charge is 2.28. The van der Waals surface area contributed by atoms with Crippen LogP contribution in [0.3, 0.4) is 0 Å². The zero-order chi connectivity index (χ0) is 22.4. The van der Waals surface area contributed by atoms with Gasteiger partial charge in [-0.3, -0.25) is 14.0 Å². The van der Waals surface area contributed by atoms with Crippen LogP contribution in [0.1, 0.15) is 42.2 Å². The van der Waals surface area contributed by atoms with Gasteiger partial charge in [-0.25, -0.2) is 8.42 Å². The minimum Gasteiger partial charge on any atom is -0.497 e. The number of carbonyl (C=O) groups is 1. The summed E-state index contributed by atoms with van der Waals surface area (Å²) in [6, 6.07) is 14.7. The molecular formula is C23H31N3O4S. The molecular weight excluding hydrogens is 414 g/mol. The van der Waals surface area contributed by atoms with Crippen LogP contribution >= 0.6 is 0 Å². The number of benzene rings is 2. The van der Waals surface area contributed by atoms with Crippen LogP contribution in [0, 0.1) is 0 Å². The Morgan fingerprint density at radius 1 is 1.16 bits per heavy atom. The minimum atomic E-state index is -3.23. The van der Waals surface area contributed by atoms with Crippen molar-refractivity contribution in [3.8, 4) is 5.75 Å². The zero-order valence-corrected chi connectivity index (χ0v) is 19.2. The fourth-order valence-electron chi connectivity index (χ4n) is 3.97. The molecule has 3 rings (SSSR count). The van der Waals surface area contributed by atoms with Gasteiger partial charge in [-0.15, -0.1) is 0 Å². The molecule has 1 fully saturated rings. The predicted molar refractivity (Wildman–Crippen MR) is 123 cm³/mol. The number of hydrogen-bond donors (Lipinski definition) is 1. The number of ether oxygens (including phenoxy) is 1. The van der Waals surface area contributed by atoms with Crippen LogP contribution in [0.2, 0.25) is 0 Å². The lowest BCUT2D eigenvalue weighted by Gasteiger charge is -2.30. The molecule has 0 radical (unpaired) electrons. The van der Waals surface area contributed by atoms with Crippen molar-refractivity contribution in [3.63, 3.8) is 0 Å². The first-order chi connectivity index (χ1) is 14.9. The van der Waals surface area contributed by atoms with Gasteiger partial charge in [-0.05, 0) is 61.5 Å². The average molecular weight is 446 g/mol. The molecule has 7 nitrogen and oxygen atoms in total. The van der Waals surface area contributed by atoms with Crippen LogP contribution < -0.4 is 14.4 Å². The van der Waals surface area contributed by atoms with E-state index < -0.39 is 10.0 Å². The van der Waals surface area contributed by atoms with Gasteiger partial charge in [-0.1, -0.05) is 26.0 Å². The number of methoxy groups -OCH3 is 1. The lowest BCUT2D eigenvalue weighted by atomic mass is 10.0. The Morgan fingerprint density at radius 2 is 1.87 bits per heavy atom. The molecule has 8 heteroatoms. The van der Waals surface area contributed by atoms with Crippen LogP contribution in [-0.4, -0.2) is 58.3 Å². The third-order valence-corrected chi connectivity index (χ3v) is 7.57. The van der Waals surface area contributed by atoms with Gasteiger partial charge in [0.2, 0.25) is 10.0 Å². The van der Waals surface area contributed by atoms with E-state index in [9.17, 15) is 13.2 Å². The first-order valence-corrected chi connectivity index (χ1v) is 12.3. The molecule has 1 aliphatic rings. The maximum atomic E-state index is 12.8. The van der Waals surface area contributed by atoms with Gasteiger partial charge in [-0.2, -0.15) is 0 Å². The summed E-state index contributed by atoms with van der Waals surface area (Å²) in [6.45, 7) is 6.85. The summed E-state index contributed by atoms with van der Waals surface area (Å²) in [7, 11) is -1.59. The topological polar surface area (TPSA) is 79.0 Å². The first kappa shape index (κ1) is 23.1. The highest BCUT2D eigenvalue weighted by Crippen LogP contribution is 2.25. The first-order valence-electron chi connectivity index (χ1n) is 10.7. The lowest BCUT2D eigenvalue weighted by molar-refractivity contribution is 0.0935. The summed E-state index contributed by atoms with van der Waals surface area (Å²) < 4.78 is 31.0. The quantitative estimate of drug-likeness (QED) is 0.642. The van der Waals surface area contributed by atoms with E-state index in [4.69, 9.17) is 4.74 Å². The fraction of sp³-hybridized carbons (Fsp3) is 0.435. The number of nitrogens with zero attached hydrogens (tertiary/aromatic N) is 2. The second-order valence-electron chi connectivity index (χ2n) is 7.51. The Kier molecular flexibility index (Phi) is 7.56. The molecule has 0 saturated carbocycles. The number of likely N-dealkylation sites (N-methyl/N-ethyl adjacent to an activating group) is 1. The summed E-state index contributed by atoms with van der Waals surface area (Å²) in [5.74, 6) is 0.774. The van der Waals surface area contributed by atoms with E-state index in [0.717, 1.165) is 24.4 Å². The monoisotopic (exact) mass is 445 g/mol. The Balaban J connectivity index is 1.71. The molecule has 168 valence electrons. The van der Waals surface area contributed by atoms with Crippen LogP contribution in [0.15, 0.2) is 48.5 Å². The molecule has 1 heterocycles. The Bertz CT molecular complexity index is 988. The van der Waals surface area contributed by atoms with E-state index in [1.54, 1.807) is 31.4 Å². The minimum absolute atomic E-state index is 0.0167. The van der Waals surface area contributed by atoms with Crippen molar-refractivity contribution in [2.75, 3.05) is 43.3 Å². The van der Waals surface area contributed by atoms with Gasteiger partial charge >= 0.3 is 0 Å². The SMILES string of the molecule is CCN(CC)C(CNC(=O)c1ccc(N2CCCS2(=O)=O)cc1)c1cccc(OC)c1. The van der Waals surface area contributed by atoms with Gasteiger partial charge in [0.25, 0.3) is 5.91 Å². The Morgan fingerprint density at radius 3 is 2.45 bits per heavy atom. The number of nitrogens with one attached hydrogen (secondary N) is 1. The van der Waals surface area contributed by atoms with Crippen LogP contribution in [0.5, 0.6) is 5.75 Å². The summed E-state index contributed by atoms with van der Waals surface area (Å²) in [5, 5.41) is 3.04. The third kappa shape index (κ3) is 5.37. The number of amides is 1. The van der Waals surface area contributed by atoms with Crippen LogP contribution in [-0.2, 0) is 10.0 Å². The maximum Gasteiger partial charge on any atom is 0.251 e. The van der Waals surface area contributed by atoms with E-state index in [2.05, 4.69) is 24.1 Å². The molecule has 0 bridgehead atoms. The molecule has 0 spiro atoms. The number of carbonyl (C=O) groups excluding carboxylic acids is 1. The largest absolute Gasteiger partial charge is 0.497 e. The summed E-state index contributed by atoms with van der Waals surface area (Å²) in [5.41, 5.74) is 2.19. The highest BCUT2D eigenvalue weighted by atomic mass is 32.2. The Labute approximate surface area is 185 Å². The van der Waals surface area contributed by atoms with Crippen molar-refractivity contribution >= 4 is 21.6 Å². The molecule has 1 aliphatic heterocycles. The van der Waals surface area contributed by atoms with Gasteiger partial charge in [0.15, 0.2) is 0 Å². The summed E-state index contributed by atoms with van der Waals surface area (Å²) in [4.78, 5) is 15.1. The molecule has 31 heavy (non-hydrogen) atoms. The van der Waals surface area contributed by atoms with Crippen molar-refractivity contribution in [2.24, 2.45) is 0 Å². The smallest absolute Gasteiger partial charge is 0.251 e. The molecule has 1 atom stereocenters. The van der Waals surface area contributed by atoms with Gasteiger partial charge in [0.05, 0.1) is 24.6 Å². The van der Waals surface area contributed by atoms with Gasteiger partial charge in [0.1, 0.15) is 5.75 Å². The Hall–Kier alpha value is -2.58. The molecule has 1 amide bonds. The van der Waals surface area contributed by atoms with Gasteiger partial charge in [0, 0.05) is 18.7 Å². The van der Waals surface area contributed by atoms with Crippen LogP contribution in [0.25, 0.3) is 0 Å². The molecule has 2 aromatic rings. The normalized spacial score (nSPS) is 16.3. The standard InChI is InChI=1S/C23H31N3O4S/c1-4-25(5-2)22(19-8-6-9-21(16-19)30-3)17-24-23(27)18-10-12-20(13-11-18)26-14-7-15-31(26,28)29/h6,8-13,16,22H,4-5,7,14-15,17H2,1-3H3,(H,24,27). The second kappa shape index (κ2) is 10.2. The van der Waals surface area contributed by atoms with E-state index in [1.807, 2.05) is 24.3 Å². The lowest BCUT2D eigenvalue weighted by Crippen LogP contribution is -2.38. The summed E-state index contributed by atoms with van der Waals surface area (Å²) >= 11 is 0. The molecule has 1 saturated heterocycles. The van der Waals surface area contributed by atoms with E-state index in [-0.39, 0.29) is 17.7 Å². The molecule has 1 unspecified atom stereocenters. The predicted octanol–water partition coefficient (Wildman–Crippen LogP) is 3.05. The van der Waals surface area contributed by atoms with Crippen molar-refractivity contribution in [1.82, 2.24) is 10.2 Å². The van der Waals surface area contributed by atoms with Crippen molar-refractivity contribution in [2.45, 2.75) is 26.3 Å². The number of hydrogen-bond acceptors (Lipinski definition) is 5. The van der Waals surface area contributed by atoms with E-state index in [1.165, 1.54) is 4.31 Å². The maximum absolute atomic E-state index is 12.8. The molecule has 2 aromatic carbocycles. The fourth-order valence-corrected chi connectivity index (χ4v) is 5.54. The van der Waals surface area contributed by atoms with Crippen LogP contribution in [0.4, 0.5) is 5.69 Å².